The Morgan fingerprint density at radius 1 is 1.35 bits per heavy atom. The standard InChI is InChI=1S/C17H27FN2/c1-13-11-16(2,3)8-9-17(13,12-19)20(4)15-7-5-6-14(18)10-15/h5-7,10,13H,8-9,11-12,19H2,1-4H3. The van der Waals surface area contributed by atoms with E-state index >= 15 is 0 Å². The Morgan fingerprint density at radius 3 is 2.60 bits per heavy atom. The summed E-state index contributed by atoms with van der Waals surface area (Å²) < 4.78 is 13.5. The summed E-state index contributed by atoms with van der Waals surface area (Å²) in [6, 6.07) is 6.82. The summed E-state index contributed by atoms with van der Waals surface area (Å²) in [5, 5.41) is 0. The van der Waals surface area contributed by atoms with Crippen LogP contribution >= 0.6 is 0 Å². The molecule has 0 aliphatic heterocycles. The molecule has 0 spiro atoms. The smallest absolute Gasteiger partial charge is 0.125 e. The van der Waals surface area contributed by atoms with E-state index in [1.54, 1.807) is 12.1 Å². The lowest BCUT2D eigenvalue weighted by molar-refractivity contribution is 0.103. The van der Waals surface area contributed by atoms with Crippen molar-refractivity contribution in [2.45, 2.75) is 45.6 Å². The van der Waals surface area contributed by atoms with Crippen molar-refractivity contribution >= 4 is 5.69 Å². The van der Waals surface area contributed by atoms with E-state index in [-0.39, 0.29) is 11.4 Å². The number of hydrogen-bond donors (Lipinski definition) is 1. The van der Waals surface area contributed by atoms with Gasteiger partial charge in [0, 0.05) is 19.3 Å². The third-order valence-electron chi connectivity index (χ3n) is 5.23. The van der Waals surface area contributed by atoms with Gasteiger partial charge >= 0.3 is 0 Å². The fraction of sp³-hybridized carbons (Fsp3) is 0.647. The molecule has 0 amide bonds. The molecule has 0 heterocycles. The van der Waals surface area contributed by atoms with Crippen molar-refractivity contribution in [3.05, 3.63) is 30.1 Å². The van der Waals surface area contributed by atoms with Crippen LogP contribution in [0.1, 0.15) is 40.0 Å². The molecule has 2 rings (SSSR count). The minimum atomic E-state index is -0.190. The number of rotatable bonds is 3. The lowest BCUT2D eigenvalue weighted by Crippen LogP contribution is -2.60. The number of nitrogens with zero attached hydrogens (tertiary/aromatic N) is 1. The minimum absolute atomic E-state index is 0.0662. The van der Waals surface area contributed by atoms with Crippen LogP contribution in [0.3, 0.4) is 0 Å². The molecule has 1 aliphatic carbocycles. The molecule has 3 heteroatoms. The Labute approximate surface area is 122 Å². The lowest BCUT2D eigenvalue weighted by atomic mass is 9.63. The molecule has 112 valence electrons. The summed E-state index contributed by atoms with van der Waals surface area (Å²) in [6.07, 6.45) is 3.38. The molecule has 1 aromatic rings. The van der Waals surface area contributed by atoms with Gasteiger partial charge in [0.05, 0.1) is 5.54 Å². The van der Waals surface area contributed by atoms with Crippen molar-refractivity contribution in [3.63, 3.8) is 0 Å². The van der Waals surface area contributed by atoms with Gasteiger partial charge in [-0.1, -0.05) is 26.8 Å². The van der Waals surface area contributed by atoms with E-state index < -0.39 is 0 Å². The Balaban J connectivity index is 2.31. The molecule has 1 saturated carbocycles. The van der Waals surface area contributed by atoms with Gasteiger partial charge in [-0.2, -0.15) is 0 Å². The average molecular weight is 278 g/mol. The molecule has 0 aromatic heterocycles. The average Bonchev–Trinajstić information content (AvgIpc) is 2.38. The first-order valence-corrected chi connectivity index (χ1v) is 7.50. The van der Waals surface area contributed by atoms with E-state index in [0.717, 1.165) is 24.9 Å². The molecule has 20 heavy (non-hydrogen) atoms. The highest BCUT2D eigenvalue weighted by molar-refractivity contribution is 5.49. The van der Waals surface area contributed by atoms with E-state index in [0.29, 0.717) is 17.9 Å². The number of likely N-dealkylation sites (N-methyl/N-ethyl adjacent to an activating group) is 1. The molecule has 0 radical (unpaired) electrons. The first kappa shape index (κ1) is 15.3. The third kappa shape index (κ3) is 2.69. The van der Waals surface area contributed by atoms with Crippen LogP contribution in [-0.4, -0.2) is 19.1 Å². The van der Waals surface area contributed by atoms with Crippen LogP contribution in [0.15, 0.2) is 24.3 Å². The van der Waals surface area contributed by atoms with Crippen molar-refractivity contribution in [1.82, 2.24) is 0 Å². The highest BCUT2D eigenvalue weighted by Gasteiger charge is 2.45. The van der Waals surface area contributed by atoms with Crippen molar-refractivity contribution < 1.29 is 4.39 Å². The van der Waals surface area contributed by atoms with Crippen molar-refractivity contribution in [2.24, 2.45) is 17.1 Å². The number of hydrogen-bond acceptors (Lipinski definition) is 2. The molecule has 1 aromatic carbocycles. The number of benzene rings is 1. The number of halogens is 1. The second-order valence-corrected chi connectivity index (χ2v) is 7.12. The van der Waals surface area contributed by atoms with E-state index in [9.17, 15) is 4.39 Å². The Morgan fingerprint density at radius 2 is 2.05 bits per heavy atom. The topological polar surface area (TPSA) is 29.3 Å². The third-order valence-corrected chi connectivity index (χ3v) is 5.23. The summed E-state index contributed by atoms with van der Waals surface area (Å²) in [7, 11) is 2.05. The Hall–Kier alpha value is -1.09. The van der Waals surface area contributed by atoms with Crippen LogP contribution in [-0.2, 0) is 0 Å². The summed E-state index contributed by atoms with van der Waals surface area (Å²) in [6.45, 7) is 7.54. The Kier molecular flexibility index (Phi) is 4.10. The van der Waals surface area contributed by atoms with Crippen LogP contribution < -0.4 is 10.6 Å². The van der Waals surface area contributed by atoms with Crippen LogP contribution in [0.5, 0.6) is 0 Å². The van der Waals surface area contributed by atoms with Gasteiger partial charge in [-0.15, -0.1) is 0 Å². The van der Waals surface area contributed by atoms with Crippen LogP contribution in [0.2, 0.25) is 0 Å². The second-order valence-electron chi connectivity index (χ2n) is 7.12. The first-order chi connectivity index (χ1) is 9.31. The maximum atomic E-state index is 13.5. The zero-order valence-electron chi connectivity index (χ0n) is 13.1. The largest absolute Gasteiger partial charge is 0.367 e. The van der Waals surface area contributed by atoms with Gasteiger partial charge in [0.15, 0.2) is 0 Å². The van der Waals surface area contributed by atoms with Gasteiger partial charge in [-0.05, 0) is 48.8 Å². The zero-order chi connectivity index (χ0) is 15.0. The SMILES string of the molecule is CC1CC(C)(C)CCC1(CN)N(C)c1cccc(F)c1. The lowest BCUT2D eigenvalue weighted by Gasteiger charge is -2.53. The molecule has 1 fully saturated rings. The normalized spacial score (nSPS) is 29.2. The van der Waals surface area contributed by atoms with Gasteiger partial charge in [0.25, 0.3) is 0 Å². The van der Waals surface area contributed by atoms with E-state index in [4.69, 9.17) is 5.73 Å². The van der Waals surface area contributed by atoms with E-state index in [2.05, 4.69) is 32.7 Å². The Bertz CT molecular complexity index is 472. The van der Waals surface area contributed by atoms with Gasteiger partial charge in [-0.3, -0.25) is 0 Å². The first-order valence-electron chi connectivity index (χ1n) is 7.50. The fourth-order valence-electron chi connectivity index (χ4n) is 3.80. The van der Waals surface area contributed by atoms with E-state index in [1.165, 1.54) is 6.07 Å². The summed E-state index contributed by atoms with van der Waals surface area (Å²) >= 11 is 0. The summed E-state index contributed by atoms with van der Waals surface area (Å²) in [5.41, 5.74) is 7.39. The molecule has 2 nitrogen and oxygen atoms in total. The van der Waals surface area contributed by atoms with Gasteiger partial charge in [-0.25, -0.2) is 4.39 Å². The molecule has 0 saturated heterocycles. The molecule has 2 unspecified atom stereocenters. The van der Waals surface area contributed by atoms with Crippen molar-refractivity contribution in [2.75, 3.05) is 18.5 Å². The van der Waals surface area contributed by atoms with Gasteiger partial charge in [0.2, 0.25) is 0 Å². The van der Waals surface area contributed by atoms with Crippen molar-refractivity contribution in [1.29, 1.82) is 0 Å². The highest BCUT2D eigenvalue weighted by Crippen LogP contribution is 2.46. The van der Waals surface area contributed by atoms with Gasteiger partial charge in [0.1, 0.15) is 5.82 Å². The van der Waals surface area contributed by atoms with E-state index in [1.807, 2.05) is 6.07 Å². The van der Waals surface area contributed by atoms with Crippen molar-refractivity contribution in [3.8, 4) is 0 Å². The molecule has 0 bridgehead atoms. The summed E-state index contributed by atoms with van der Waals surface area (Å²) in [4.78, 5) is 2.20. The number of nitrogens with two attached hydrogens (primary N) is 1. The fourth-order valence-corrected chi connectivity index (χ4v) is 3.80. The summed E-state index contributed by atoms with van der Waals surface area (Å²) in [5.74, 6) is 0.301. The maximum Gasteiger partial charge on any atom is 0.125 e. The maximum absolute atomic E-state index is 13.5. The molecule has 1 aliphatic rings. The number of anilines is 1. The van der Waals surface area contributed by atoms with Crippen LogP contribution in [0.25, 0.3) is 0 Å². The predicted octanol–water partition coefficient (Wildman–Crippen LogP) is 3.81. The quantitative estimate of drug-likeness (QED) is 0.911. The van der Waals surface area contributed by atoms with Gasteiger partial charge < -0.3 is 10.6 Å². The molecule has 2 atom stereocenters. The molecular formula is C17H27FN2. The molecular weight excluding hydrogens is 251 g/mol. The zero-order valence-corrected chi connectivity index (χ0v) is 13.1. The molecule has 2 N–H and O–H groups in total. The second kappa shape index (κ2) is 5.36. The highest BCUT2D eigenvalue weighted by atomic mass is 19.1. The predicted molar refractivity (Wildman–Crippen MR) is 83.4 cm³/mol. The minimum Gasteiger partial charge on any atom is -0.367 e. The van der Waals surface area contributed by atoms with Crippen LogP contribution in [0.4, 0.5) is 10.1 Å². The monoisotopic (exact) mass is 278 g/mol. The van der Waals surface area contributed by atoms with Crippen LogP contribution in [0, 0.1) is 17.2 Å².